The van der Waals surface area contributed by atoms with Crippen LogP contribution in [0, 0.1) is 50.2 Å². The lowest BCUT2D eigenvalue weighted by Gasteiger charge is -2.71. The molecule has 11 atom stereocenters. The quantitative estimate of drug-likeness (QED) is 0.345. The molecule has 208 valence electrons. The van der Waals surface area contributed by atoms with Crippen molar-refractivity contribution in [1.29, 1.82) is 0 Å². The summed E-state index contributed by atoms with van der Waals surface area (Å²) in [5.41, 5.74) is -2.74. The third-order valence-electron chi connectivity index (χ3n) is 13.2. The van der Waals surface area contributed by atoms with E-state index in [4.69, 9.17) is 0 Å². The number of carboxylic acids is 2. The Hall–Kier alpha value is -1.44. The van der Waals surface area contributed by atoms with Crippen LogP contribution >= 0.6 is 0 Å². The maximum absolute atomic E-state index is 12.8. The Morgan fingerprint density at radius 2 is 1.49 bits per heavy atom. The molecule has 0 saturated heterocycles. The second-order valence-corrected chi connectivity index (χ2v) is 15.1. The predicted octanol–water partition coefficient (Wildman–Crippen LogP) is 4.24. The van der Waals surface area contributed by atoms with Gasteiger partial charge in [-0.3, -0.25) is 9.59 Å². The van der Waals surface area contributed by atoms with Crippen molar-refractivity contribution in [2.45, 2.75) is 111 Å². The molecule has 0 spiro atoms. The first-order valence-electron chi connectivity index (χ1n) is 14.1. The van der Waals surface area contributed by atoms with Gasteiger partial charge in [0.25, 0.3) is 0 Å². The van der Waals surface area contributed by atoms with Gasteiger partial charge in [-0.2, -0.15) is 0 Å². The average molecular weight is 519 g/mol. The number of hydrogen-bond acceptors (Lipinski definition) is 5. The van der Waals surface area contributed by atoms with E-state index in [1.54, 1.807) is 6.92 Å². The number of allylic oxidation sites excluding steroid dienone is 2. The van der Waals surface area contributed by atoms with Gasteiger partial charge in [0, 0.05) is 0 Å². The molecule has 0 aromatic heterocycles. The highest BCUT2D eigenvalue weighted by Crippen LogP contribution is 2.75. The van der Waals surface area contributed by atoms with E-state index in [0.717, 1.165) is 19.3 Å². The Labute approximate surface area is 220 Å². The first-order chi connectivity index (χ1) is 16.9. The summed E-state index contributed by atoms with van der Waals surface area (Å²) in [5.74, 6) is -2.47. The average Bonchev–Trinajstić information content (AvgIpc) is 2.77. The SMILES string of the molecule is CC1(C)CC[C@]2(C(=O)O)[C@H](O)C[C@]3(C)C(=CC[C@@H]4[C@@]5(C)C[C@H](O)[C@H](O)C(C)(C(=O)O)C5CC[C@]43C)[C@H]2C1. The molecule has 37 heavy (non-hydrogen) atoms. The van der Waals surface area contributed by atoms with E-state index in [0.29, 0.717) is 32.1 Å². The van der Waals surface area contributed by atoms with Crippen LogP contribution in [0.15, 0.2) is 11.6 Å². The minimum absolute atomic E-state index is 0.0171. The van der Waals surface area contributed by atoms with Crippen molar-refractivity contribution in [2.75, 3.05) is 0 Å². The number of fused-ring (bicyclic) bond motifs is 7. The summed E-state index contributed by atoms with van der Waals surface area (Å²) in [6, 6.07) is 0. The molecule has 4 fully saturated rings. The summed E-state index contributed by atoms with van der Waals surface area (Å²) in [6.07, 6.45) is 3.53. The van der Waals surface area contributed by atoms with Gasteiger partial charge in [-0.25, -0.2) is 0 Å². The van der Waals surface area contributed by atoms with Crippen molar-refractivity contribution in [3.05, 3.63) is 11.6 Å². The topological polar surface area (TPSA) is 135 Å². The minimum atomic E-state index is -1.45. The maximum Gasteiger partial charge on any atom is 0.312 e. The predicted molar refractivity (Wildman–Crippen MR) is 137 cm³/mol. The van der Waals surface area contributed by atoms with Crippen molar-refractivity contribution in [3.8, 4) is 0 Å². The van der Waals surface area contributed by atoms with E-state index in [9.17, 15) is 35.1 Å². The summed E-state index contributed by atoms with van der Waals surface area (Å²) < 4.78 is 0. The van der Waals surface area contributed by atoms with Gasteiger partial charge in [0.1, 0.15) is 5.41 Å². The highest BCUT2D eigenvalue weighted by Gasteiger charge is 2.73. The van der Waals surface area contributed by atoms with Gasteiger partial charge < -0.3 is 25.5 Å². The van der Waals surface area contributed by atoms with Gasteiger partial charge in [-0.1, -0.05) is 46.3 Å². The molecule has 0 amide bonds. The molecule has 7 nitrogen and oxygen atoms in total. The molecule has 5 aliphatic carbocycles. The summed E-state index contributed by atoms with van der Waals surface area (Å²) in [5, 5.41) is 54.3. The number of carbonyl (C=O) groups is 2. The van der Waals surface area contributed by atoms with Crippen molar-refractivity contribution < 1.29 is 35.1 Å². The van der Waals surface area contributed by atoms with Gasteiger partial charge in [0.15, 0.2) is 0 Å². The van der Waals surface area contributed by atoms with Gasteiger partial charge in [-0.05, 0) is 97.7 Å². The number of aliphatic hydroxyl groups excluding tert-OH is 3. The van der Waals surface area contributed by atoms with E-state index < -0.39 is 51.9 Å². The third kappa shape index (κ3) is 3.11. The third-order valence-corrected chi connectivity index (χ3v) is 13.2. The lowest BCUT2D eigenvalue weighted by atomic mass is 9.33. The largest absolute Gasteiger partial charge is 0.481 e. The number of aliphatic hydroxyl groups is 3. The standard InChI is InChI=1S/C30H46O7/c1-25(2)11-12-30(24(36)37)17(13-25)16-7-8-19-26(3)14-18(31)22(33)29(6,23(34)35)20(26)9-10-27(19,4)28(16,5)15-21(30)32/h7,17-22,31-33H,8-15H2,1-6H3,(H,34,35)(H,36,37)/t17-,18+,19-,20?,21-,22+,26-,27-,28-,29?,30-/m1/s1. The van der Waals surface area contributed by atoms with E-state index in [1.165, 1.54) is 5.57 Å². The second-order valence-electron chi connectivity index (χ2n) is 15.1. The van der Waals surface area contributed by atoms with Crippen LogP contribution in [0.5, 0.6) is 0 Å². The van der Waals surface area contributed by atoms with Crippen LogP contribution in [0.2, 0.25) is 0 Å². The van der Waals surface area contributed by atoms with Gasteiger partial charge >= 0.3 is 11.9 Å². The monoisotopic (exact) mass is 518 g/mol. The summed E-state index contributed by atoms with van der Waals surface area (Å²) >= 11 is 0. The maximum atomic E-state index is 12.8. The zero-order chi connectivity index (χ0) is 27.6. The summed E-state index contributed by atoms with van der Waals surface area (Å²) in [6.45, 7) is 12.5. The molecule has 2 unspecified atom stereocenters. The molecule has 7 heteroatoms. The molecule has 0 bridgehead atoms. The van der Waals surface area contributed by atoms with Gasteiger partial charge in [0.2, 0.25) is 0 Å². The molecule has 0 aliphatic heterocycles. The molecule has 5 rings (SSSR count). The molecule has 5 aliphatic rings. The molecular formula is C30H46O7. The fourth-order valence-electron chi connectivity index (χ4n) is 10.8. The molecule has 0 heterocycles. The smallest absolute Gasteiger partial charge is 0.312 e. The number of rotatable bonds is 2. The van der Waals surface area contributed by atoms with Crippen LogP contribution in [-0.2, 0) is 9.59 Å². The summed E-state index contributed by atoms with van der Waals surface area (Å²) in [4.78, 5) is 25.4. The molecule has 4 saturated carbocycles. The van der Waals surface area contributed by atoms with Crippen LogP contribution in [0.1, 0.15) is 92.9 Å². The number of hydrogen-bond donors (Lipinski definition) is 5. The van der Waals surface area contributed by atoms with Crippen LogP contribution in [-0.4, -0.2) is 55.8 Å². The highest BCUT2D eigenvalue weighted by atomic mass is 16.4. The van der Waals surface area contributed by atoms with E-state index in [-0.39, 0.29) is 28.6 Å². The summed E-state index contributed by atoms with van der Waals surface area (Å²) in [7, 11) is 0. The Morgan fingerprint density at radius 1 is 0.838 bits per heavy atom. The normalized spacial score (nSPS) is 54.6. The van der Waals surface area contributed by atoms with E-state index >= 15 is 0 Å². The molecule has 5 N–H and O–H groups in total. The highest BCUT2D eigenvalue weighted by molar-refractivity contribution is 5.78. The van der Waals surface area contributed by atoms with Crippen molar-refractivity contribution in [3.63, 3.8) is 0 Å². The molecule has 0 radical (unpaired) electrons. The fraction of sp³-hybridized carbons (Fsp3) is 0.867. The zero-order valence-electron chi connectivity index (χ0n) is 23.3. The molecule has 0 aromatic rings. The van der Waals surface area contributed by atoms with Crippen molar-refractivity contribution >= 4 is 11.9 Å². The van der Waals surface area contributed by atoms with Gasteiger partial charge in [-0.15, -0.1) is 0 Å². The fourth-order valence-corrected chi connectivity index (χ4v) is 10.8. The van der Waals surface area contributed by atoms with Crippen LogP contribution < -0.4 is 0 Å². The Balaban J connectivity index is 1.65. The minimum Gasteiger partial charge on any atom is -0.481 e. The number of carboxylic acid groups (broad SMARTS) is 2. The van der Waals surface area contributed by atoms with Crippen LogP contribution in [0.25, 0.3) is 0 Å². The van der Waals surface area contributed by atoms with Gasteiger partial charge in [0.05, 0.1) is 23.7 Å². The first-order valence-corrected chi connectivity index (χ1v) is 14.1. The van der Waals surface area contributed by atoms with Crippen LogP contribution in [0.4, 0.5) is 0 Å². The Kier molecular flexibility index (Phi) is 5.73. The van der Waals surface area contributed by atoms with Crippen molar-refractivity contribution in [1.82, 2.24) is 0 Å². The molecule has 0 aromatic carbocycles. The van der Waals surface area contributed by atoms with Crippen molar-refractivity contribution in [2.24, 2.45) is 50.2 Å². The van der Waals surface area contributed by atoms with Crippen LogP contribution in [0.3, 0.4) is 0 Å². The number of aliphatic carboxylic acids is 2. The van der Waals surface area contributed by atoms with E-state index in [2.05, 4.69) is 40.7 Å². The first kappa shape index (κ1) is 27.1. The molecular weight excluding hydrogens is 472 g/mol. The lowest BCUT2D eigenvalue weighted by Crippen LogP contribution is -2.70. The Bertz CT molecular complexity index is 1050. The zero-order valence-corrected chi connectivity index (χ0v) is 23.3. The van der Waals surface area contributed by atoms with E-state index in [1.807, 2.05) is 0 Å². The Morgan fingerprint density at radius 3 is 2.08 bits per heavy atom. The lowest BCUT2D eigenvalue weighted by molar-refractivity contribution is -0.244. The second kappa shape index (κ2) is 7.82.